The SMILES string of the molecule is CSc1nc2ccc(Cl)cc2c(=O)n1-c1cc(OC(C)C)c(Cl)cc1Cl. The van der Waals surface area contributed by atoms with Crippen molar-refractivity contribution in [3.8, 4) is 11.4 Å². The molecule has 4 nitrogen and oxygen atoms in total. The maximum atomic E-state index is 13.2. The van der Waals surface area contributed by atoms with Gasteiger partial charge in [0.25, 0.3) is 5.56 Å². The molecule has 2 aromatic carbocycles. The van der Waals surface area contributed by atoms with Gasteiger partial charge in [-0.05, 0) is 44.4 Å². The van der Waals surface area contributed by atoms with Gasteiger partial charge in [0, 0.05) is 11.1 Å². The third-order valence-electron chi connectivity index (χ3n) is 3.59. The zero-order valence-corrected chi connectivity index (χ0v) is 17.3. The Balaban J connectivity index is 2.34. The molecule has 1 aromatic heterocycles. The van der Waals surface area contributed by atoms with E-state index in [1.807, 2.05) is 20.1 Å². The van der Waals surface area contributed by atoms with Gasteiger partial charge in [-0.15, -0.1) is 0 Å². The Morgan fingerprint density at radius 1 is 1.12 bits per heavy atom. The van der Waals surface area contributed by atoms with Crippen LogP contribution in [0, 0.1) is 0 Å². The second kappa shape index (κ2) is 7.69. The van der Waals surface area contributed by atoms with Crippen LogP contribution in [0.4, 0.5) is 0 Å². The standard InChI is InChI=1S/C18H15Cl3N2O2S/c1-9(2)25-16-8-15(12(20)7-13(16)21)23-17(24)11-6-10(19)4-5-14(11)22-18(23)26-3/h4-9H,1-3H3. The summed E-state index contributed by atoms with van der Waals surface area (Å²) in [6.07, 6.45) is 1.77. The van der Waals surface area contributed by atoms with Crippen LogP contribution in [-0.4, -0.2) is 21.9 Å². The number of fused-ring (bicyclic) bond motifs is 1. The van der Waals surface area contributed by atoms with Crippen LogP contribution in [0.25, 0.3) is 16.6 Å². The van der Waals surface area contributed by atoms with Gasteiger partial charge in [-0.3, -0.25) is 9.36 Å². The molecule has 0 aliphatic rings. The second-order valence-electron chi connectivity index (χ2n) is 5.80. The minimum Gasteiger partial charge on any atom is -0.489 e. The van der Waals surface area contributed by atoms with Crippen LogP contribution in [-0.2, 0) is 0 Å². The number of halogens is 3. The molecule has 3 rings (SSSR count). The molecular formula is C18H15Cl3N2O2S. The van der Waals surface area contributed by atoms with E-state index in [1.165, 1.54) is 16.3 Å². The summed E-state index contributed by atoms with van der Waals surface area (Å²) in [5.74, 6) is 0.450. The molecule has 136 valence electrons. The van der Waals surface area contributed by atoms with Crippen molar-refractivity contribution in [1.82, 2.24) is 9.55 Å². The van der Waals surface area contributed by atoms with Crippen LogP contribution < -0.4 is 10.3 Å². The van der Waals surface area contributed by atoms with Gasteiger partial charge in [0.2, 0.25) is 0 Å². The highest BCUT2D eigenvalue weighted by atomic mass is 35.5. The minimum absolute atomic E-state index is 0.0770. The zero-order chi connectivity index (χ0) is 19.0. The largest absolute Gasteiger partial charge is 0.489 e. The molecule has 3 aromatic rings. The fourth-order valence-electron chi connectivity index (χ4n) is 2.52. The highest BCUT2D eigenvalue weighted by molar-refractivity contribution is 7.98. The third kappa shape index (κ3) is 3.67. The van der Waals surface area contributed by atoms with Crippen LogP contribution in [0.1, 0.15) is 13.8 Å². The number of hydrogen-bond donors (Lipinski definition) is 0. The Morgan fingerprint density at radius 2 is 1.85 bits per heavy atom. The number of nitrogens with zero attached hydrogens (tertiary/aromatic N) is 2. The third-order valence-corrected chi connectivity index (χ3v) is 5.06. The Hall–Kier alpha value is -1.40. The van der Waals surface area contributed by atoms with Crippen molar-refractivity contribution < 1.29 is 4.74 Å². The van der Waals surface area contributed by atoms with E-state index in [1.54, 1.807) is 30.3 Å². The van der Waals surface area contributed by atoms with Gasteiger partial charge in [0.1, 0.15) is 5.75 Å². The maximum Gasteiger partial charge on any atom is 0.266 e. The Kier molecular flexibility index (Phi) is 5.72. The van der Waals surface area contributed by atoms with Gasteiger partial charge in [-0.2, -0.15) is 0 Å². The van der Waals surface area contributed by atoms with Gasteiger partial charge >= 0.3 is 0 Å². The molecule has 0 spiro atoms. The lowest BCUT2D eigenvalue weighted by Crippen LogP contribution is -2.22. The number of hydrogen-bond acceptors (Lipinski definition) is 4. The van der Waals surface area contributed by atoms with E-state index in [4.69, 9.17) is 39.5 Å². The zero-order valence-electron chi connectivity index (χ0n) is 14.2. The van der Waals surface area contributed by atoms with Gasteiger partial charge in [0.15, 0.2) is 5.16 Å². The Labute approximate surface area is 170 Å². The van der Waals surface area contributed by atoms with Crippen molar-refractivity contribution in [2.24, 2.45) is 0 Å². The van der Waals surface area contributed by atoms with Crippen molar-refractivity contribution in [3.63, 3.8) is 0 Å². The summed E-state index contributed by atoms with van der Waals surface area (Å²) < 4.78 is 7.18. The van der Waals surface area contributed by atoms with Crippen LogP contribution in [0.2, 0.25) is 15.1 Å². The van der Waals surface area contributed by atoms with E-state index >= 15 is 0 Å². The molecule has 0 aliphatic carbocycles. The van der Waals surface area contributed by atoms with E-state index < -0.39 is 0 Å². The summed E-state index contributed by atoms with van der Waals surface area (Å²) in [7, 11) is 0. The van der Waals surface area contributed by atoms with Crippen molar-refractivity contribution in [3.05, 3.63) is 55.8 Å². The van der Waals surface area contributed by atoms with Gasteiger partial charge in [-0.1, -0.05) is 46.6 Å². The first-order valence-electron chi connectivity index (χ1n) is 7.74. The van der Waals surface area contributed by atoms with Crippen molar-refractivity contribution in [2.45, 2.75) is 25.1 Å². The van der Waals surface area contributed by atoms with Crippen molar-refractivity contribution in [1.29, 1.82) is 0 Å². The van der Waals surface area contributed by atoms with Gasteiger partial charge in [0.05, 0.1) is 32.7 Å². The molecule has 0 radical (unpaired) electrons. The fourth-order valence-corrected chi connectivity index (χ4v) is 3.76. The van der Waals surface area contributed by atoms with Crippen LogP contribution in [0.5, 0.6) is 5.75 Å². The molecule has 0 atom stereocenters. The van der Waals surface area contributed by atoms with Gasteiger partial charge < -0.3 is 4.74 Å². The molecular weight excluding hydrogens is 415 g/mol. The quantitative estimate of drug-likeness (QED) is 0.385. The minimum atomic E-state index is -0.262. The molecule has 1 heterocycles. The van der Waals surface area contributed by atoms with E-state index in [0.717, 1.165) is 0 Å². The molecule has 26 heavy (non-hydrogen) atoms. The molecule has 0 amide bonds. The first-order chi connectivity index (χ1) is 12.3. The van der Waals surface area contributed by atoms with Crippen molar-refractivity contribution >= 4 is 57.5 Å². The van der Waals surface area contributed by atoms with Gasteiger partial charge in [-0.25, -0.2) is 4.98 Å². The molecule has 0 aliphatic heterocycles. The lowest BCUT2D eigenvalue weighted by molar-refractivity contribution is 0.242. The summed E-state index contributed by atoms with van der Waals surface area (Å²) in [4.78, 5) is 17.7. The normalized spacial score (nSPS) is 11.3. The average molecular weight is 430 g/mol. The molecule has 0 fully saturated rings. The predicted octanol–water partition coefficient (Wildman–Crippen LogP) is 5.86. The molecule has 0 saturated carbocycles. The lowest BCUT2D eigenvalue weighted by atomic mass is 10.2. The number of benzene rings is 2. The summed E-state index contributed by atoms with van der Waals surface area (Å²) in [6.45, 7) is 3.79. The monoisotopic (exact) mass is 428 g/mol. The van der Waals surface area contributed by atoms with Crippen LogP contribution in [0.3, 0.4) is 0 Å². The summed E-state index contributed by atoms with van der Waals surface area (Å²) >= 11 is 20.0. The highest BCUT2D eigenvalue weighted by Gasteiger charge is 2.18. The Bertz CT molecular complexity index is 1050. The number of rotatable bonds is 4. The fraction of sp³-hybridized carbons (Fsp3) is 0.222. The first-order valence-corrected chi connectivity index (χ1v) is 10.1. The average Bonchev–Trinajstić information content (AvgIpc) is 2.58. The summed E-state index contributed by atoms with van der Waals surface area (Å²) in [5.41, 5.74) is 0.765. The van der Waals surface area contributed by atoms with Crippen LogP contribution >= 0.6 is 46.6 Å². The smallest absolute Gasteiger partial charge is 0.266 e. The number of ether oxygens (including phenoxy) is 1. The molecule has 0 unspecified atom stereocenters. The Morgan fingerprint density at radius 3 is 2.50 bits per heavy atom. The number of thioether (sulfide) groups is 1. The van der Waals surface area contributed by atoms with E-state index in [2.05, 4.69) is 4.98 Å². The summed E-state index contributed by atoms with van der Waals surface area (Å²) in [5, 5.41) is 2.08. The highest BCUT2D eigenvalue weighted by Crippen LogP contribution is 2.35. The topological polar surface area (TPSA) is 44.1 Å². The van der Waals surface area contributed by atoms with E-state index in [-0.39, 0.29) is 11.7 Å². The second-order valence-corrected chi connectivity index (χ2v) is 7.83. The predicted molar refractivity (Wildman–Crippen MR) is 110 cm³/mol. The van der Waals surface area contributed by atoms with Crippen molar-refractivity contribution in [2.75, 3.05) is 6.26 Å². The van der Waals surface area contributed by atoms with Crippen LogP contribution in [0.15, 0.2) is 40.3 Å². The number of aromatic nitrogens is 2. The molecule has 0 saturated heterocycles. The van der Waals surface area contributed by atoms with E-state index in [0.29, 0.717) is 42.6 Å². The van der Waals surface area contributed by atoms with E-state index in [9.17, 15) is 4.79 Å². The lowest BCUT2D eigenvalue weighted by Gasteiger charge is -2.17. The molecule has 8 heteroatoms. The maximum absolute atomic E-state index is 13.2. The summed E-state index contributed by atoms with van der Waals surface area (Å²) in [6, 6.07) is 8.25. The first kappa shape index (κ1) is 19.4. The molecule has 0 bridgehead atoms. The molecule has 0 N–H and O–H groups in total.